The Morgan fingerprint density at radius 3 is 2.59 bits per heavy atom. The molecule has 1 N–H and O–H groups in total. The molecule has 2 saturated carbocycles. The minimum Gasteiger partial charge on any atom is -0.483 e. The fourth-order valence-corrected chi connectivity index (χ4v) is 5.18. The molecule has 2 atom stereocenters. The van der Waals surface area contributed by atoms with Gasteiger partial charge in [-0.15, -0.1) is 11.8 Å². The van der Waals surface area contributed by atoms with Crippen molar-refractivity contribution in [3.05, 3.63) is 53.2 Å². The van der Waals surface area contributed by atoms with Crippen LogP contribution in [0.5, 0.6) is 5.75 Å². The van der Waals surface area contributed by atoms with E-state index in [1.54, 1.807) is 24.0 Å². The molecule has 0 aliphatic heterocycles. The second-order valence-electron chi connectivity index (χ2n) is 7.73. The van der Waals surface area contributed by atoms with E-state index in [0.29, 0.717) is 17.2 Å². The number of carboxylic acid groups (broad SMARTS) is 1. The molecule has 0 amide bonds. The van der Waals surface area contributed by atoms with Crippen molar-refractivity contribution in [3.8, 4) is 5.75 Å². The van der Waals surface area contributed by atoms with Crippen molar-refractivity contribution in [1.29, 1.82) is 0 Å². The summed E-state index contributed by atoms with van der Waals surface area (Å²) >= 11 is 1.72. The SMILES string of the molecule is O=C(O)C1CC1c1cc(F)c(OCc2cccnc2SC2CCCCC2)c(F)c1. The lowest BCUT2D eigenvalue weighted by Gasteiger charge is -2.21. The van der Waals surface area contributed by atoms with Gasteiger partial charge in [-0.3, -0.25) is 4.79 Å². The zero-order chi connectivity index (χ0) is 20.4. The zero-order valence-corrected chi connectivity index (χ0v) is 16.8. The van der Waals surface area contributed by atoms with Crippen LogP contribution in [0.25, 0.3) is 0 Å². The van der Waals surface area contributed by atoms with Crippen LogP contribution in [-0.4, -0.2) is 21.3 Å². The third kappa shape index (κ3) is 4.71. The summed E-state index contributed by atoms with van der Waals surface area (Å²) in [7, 11) is 0. The molecule has 1 heterocycles. The van der Waals surface area contributed by atoms with Gasteiger partial charge in [-0.25, -0.2) is 13.8 Å². The predicted octanol–water partition coefficient (Wildman–Crippen LogP) is 5.55. The van der Waals surface area contributed by atoms with Crippen LogP contribution < -0.4 is 4.74 Å². The molecule has 1 aromatic heterocycles. The summed E-state index contributed by atoms with van der Waals surface area (Å²) in [6.45, 7) is 0.0251. The maximum absolute atomic E-state index is 14.5. The Labute approximate surface area is 172 Å². The molecule has 154 valence electrons. The second-order valence-corrected chi connectivity index (χ2v) is 9.02. The fraction of sp³-hybridized carbons (Fsp3) is 0.455. The van der Waals surface area contributed by atoms with Crippen molar-refractivity contribution in [1.82, 2.24) is 4.98 Å². The Morgan fingerprint density at radius 2 is 1.93 bits per heavy atom. The van der Waals surface area contributed by atoms with Gasteiger partial charge in [0.1, 0.15) is 11.6 Å². The molecule has 0 spiro atoms. The monoisotopic (exact) mass is 419 g/mol. The molecule has 4 nitrogen and oxygen atoms in total. The van der Waals surface area contributed by atoms with Crippen LogP contribution in [0.4, 0.5) is 8.78 Å². The van der Waals surface area contributed by atoms with E-state index in [-0.39, 0.29) is 12.5 Å². The number of carbonyl (C=O) groups is 1. The summed E-state index contributed by atoms with van der Waals surface area (Å²) in [5.41, 5.74) is 1.17. The highest BCUT2D eigenvalue weighted by molar-refractivity contribution is 7.99. The Balaban J connectivity index is 1.45. The van der Waals surface area contributed by atoms with E-state index >= 15 is 0 Å². The number of aromatic nitrogens is 1. The fourth-order valence-electron chi connectivity index (χ4n) is 3.90. The van der Waals surface area contributed by atoms with E-state index in [2.05, 4.69) is 4.98 Å². The van der Waals surface area contributed by atoms with Crippen LogP contribution in [0, 0.1) is 17.6 Å². The summed E-state index contributed by atoms with van der Waals surface area (Å²) in [6.07, 6.45) is 8.17. The molecule has 4 rings (SSSR count). The summed E-state index contributed by atoms with van der Waals surface area (Å²) < 4.78 is 34.4. The first-order chi connectivity index (χ1) is 14.0. The maximum atomic E-state index is 14.5. The quantitative estimate of drug-likeness (QED) is 0.637. The number of halogens is 2. The molecule has 7 heteroatoms. The van der Waals surface area contributed by atoms with Gasteiger partial charge in [0.2, 0.25) is 0 Å². The average Bonchev–Trinajstić information content (AvgIpc) is 3.50. The number of hydrogen-bond acceptors (Lipinski definition) is 4. The summed E-state index contributed by atoms with van der Waals surface area (Å²) in [5.74, 6) is -3.87. The molecular weight excluding hydrogens is 396 g/mol. The molecule has 2 aliphatic carbocycles. The molecule has 0 saturated heterocycles. The number of ether oxygens (including phenoxy) is 1. The number of carboxylic acids is 1. The molecule has 0 radical (unpaired) electrons. The highest BCUT2D eigenvalue weighted by Crippen LogP contribution is 2.48. The molecule has 2 unspecified atom stereocenters. The Bertz CT molecular complexity index is 878. The van der Waals surface area contributed by atoms with E-state index in [1.165, 1.54) is 31.4 Å². The highest BCUT2D eigenvalue weighted by Gasteiger charge is 2.44. The van der Waals surface area contributed by atoms with Crippen molar-refractivity contribution < 1.29 is 23.4 Å². The first-order valence-electron chi connectivity index (χ1n) is 9.98. The first kappa shape index (κ1) is 20.1. The third-order valence-corrected chi connectivity index (χ3v) is 7.00. The summed E-state index contributed by atoms with van der Waals surface area (Å²) in [6, 6.07) is 6.03. The predicted molar refractivity (Wildman–Crippen MR) is 106 cm³/mol. The van der Waals surface area contributed by atoms with E-state index in [0.717, 1.165) is 23.4 Å². The Morgan fingerprint density at radius 1 is 1.21 bits per heavy atom. The summed E-state index contributed by atoms with van der Waals surface area (Å²) in [5, 5.41) is 10.4. The van der Waals surface area contributed by atoms with E-state index in [1.807, 2.05) is 6.07 Å². The van der Waals surface area contributed by atoms with Crippen LogP contribution >= 0.6 is 11.8 Å². The minimum absolute atomic E-state index is 0.0251. The smallest absolute Gasteiger partial charge is 0.307 e. The van der Waals surface area contributed by atoms with Gasteiger partial charge in [-0.05, 0) is 48.9 Å². The van der Waals surface area contributed by atoms with Crippen molar-refractivity contribution >= 4 is 17.7 Å². The number of hydrogen-bond donors (Lipinski definition) is 1. The molecule has 2 fully saturated rings. The Kier molecular flexibility index (Phi) is 6.04. The highest BCUT2D eigenvalue weighted by atomic mass is 32.2. The Hall–Kier alpha value is -2.15. The normalized spacial score (nSPS) is 21.7. The first-order valence-corrected chi connectivity index (χ1v) is 10.9. The van der Waals surface area contributed by atoms with E-state index in [9.17, 15) is 13.6 Å². The van der Waals surface area contributed by atoms with Gasteiger partial charge < -0.3 is 9.84 Å². The second kappa shape index (κ2) is 8.69. The third-order valence-electron chi connectivity index (χ3n) is 5.61. The van der Waals surface area contributed by atoms with Crippen LogP contribution in [0.15, 0.2) is 35.5 Å². The molecule has 1 aromatic carbocycles. The van der Waals surface area contributed by atoms with Crippen molar-refractivity contribution in [2.75, 3.05) is 0 Å². The lowest BCUT2D eigenvalue weighted by molar-refractivity contribution is -0.138. The van der Waals surface area contributed by atoms with Crippen molar-refractivity contribution in [2.24, 2.45) is 5.92 Å². The molecule has 2 aliphatic rings. The minimum atomic E-state index is -0.935. The van der Waals surface area contributed by atoms with Crippen LogP contribution in [0.2, 0.25) is 0 Å². The summed E-state index contributed by atoms with van der Waals surface area (Å²) in [4.78, 5) is 15.4. The van der Waals surface area contributed by atoms with E-state index < -0.39 is 29.3 Å². The van der Waals surface area contributed by atoms with Gasteiger partial charge in [0.05, 0.1) is 5.92 Å². The number of thioether (sulfide) groups is 1. The van der Waals surface area contributed by atoms with Crippen molar-refractivity contribution in [2.45, 2.75) is 61.3 Å². The zero-order valence-electron chi connectivity index (χ0n) is 15.9. The standard InChI is InChI=1S/C22H23F2NO3S/c23-18-9-14(16-11-17(16)22(26)27)10-19(24)20(18)28-12-13-5-4-8-25-21(13)29-15-6-2-1-3-7-15/h4-5,8-10,15-17H,1-3,6-7,11-12H2,(H,26,27). The average molecular weight is 419 g/mol. The van der Waals surface area contributed by atoms with Gasteiger partial charge >= 0.3 is 5.97 Å². The number of pyridine rings is 1. The largest absolute Gasteiger partial charge is 0.483 e. The maximum Gasteiger partial charge on any atom is 0.307 e. The van der Waals surface area contributed by atoms with Gasteiger partial charge in [-0.2, -0.15) is 0 Å². The van der Waals surface area contributed by atoms with Gasteiger partial charge in [0.15, 0.2) is 17.4 Å². The number of rotatable bonds is 7. The molecular formula is C22H23F2NO3S. The van der Waals surface area contributed by atoms with Crippen LogP contribution in [-0.2, 0) is 11.4 Å². The van der Waals surface area contributed by atoms with Gasteiger partial charge in [-0.1, -0.05) is 25.3 Å². The number of benzene rings is 1. The molecule has 29 heavy (non-hydrogen) atoms. The topological polar surface area (TPSA) is 59.4 Å². The van der Waals surface area contributed by atoms with Crippen LogP contribution in [0.3, 0.4) is 0 Å². The van der Waals surface area contributed by atoms with E-state index in [4.69, 9.17) is 9.84 Å². The number of nitrogens with zero attached hydrogens (tertiary/aromatic N) is 1. The van der Waals surface area contributed by atoms with Crippen LogP contribution in [0.1, 0.15) is 55.6 Å². The van der Waals surface area contributed by atoms with Crippen molar-refractivity contribution in [3.63, 3.8) is 0 Å². The van der Waals surface area contributed by atoms with Gasteiger partial charge in [0, 0.05) is 17.0 Å². The lowest BCUT2D eigenvalue weighted by atomic mass is 10.0. The molecule has 2 aromatic rings. The lowest BCUT2D eigenvalue weighted by Crippen LogP contribution is -2.09. The number of aliphatic carboxylic acids is 1. The molecule has 0 bridgehead atoms. The van der Waals surface area contributed by atoms with Gasteiger partial charge in [0.25, 0.3) is 0 Å².